The van der Waals surface area contributed by atoms with Gasteiger partial charge in [0.25, 0.3) is 5.91 Å². The molecule has 0 aliphatic heterocycles. The quantitative estimate of drug-likeness (QED) is 0.139. The van der Waals surface area contributed by atoms with E-state index in [1.165, 1.54) is 18.2 Å². The fraction of sp³-hybridized carbons (Fsp3) is 0.115. The molecule has 2 heterocycles. The van der Waals surface area contributed by atoms with Crippen LogP contribution >= 0.6 is 0 Å². The second-order valence-corrected chi connectivity index (χ2v) is 7.40. The van der Waals surface area contributed by atoms with Crippen LogP contribution in [0.1, 0.15) is 16.1 Å². The summed E-state index contributed by atoms with van der Waals surface area (Å²) >= 11 is 0. The van der Waals surface area contributed by atoms with Gasteiger partial charge < -0.3 is 19.2 Å². The highest BCUT2D eigenvalue weighted by Gasteiger charge is 2.12. The molecule has 2 amide bonds. The highest BCUT2D eigenvalue weighted by atomic mass is 16.5. The molecule has 0 spiro atoms. The van der Waals surface area contributed by atoms with E-state index in [0.717, 1.165) is 5.39 Å². The highest BCUT2D eigenvalue weighted by molar-refractivity contribution is 5.96. The first-order valence-electron chi connectivity index (χ1n) is 10.8. The lowest BCUT2D eigenvalue weighted by Crippen LogP contribution is -2.27. The van der Waals surface area contributed by atoms with Crippen molar-refractivity contribution in [3.8, 4) is 11.5 Å². The number of benzene rings is 2. The molecule has 0 fully saturated rings. The van der Waals surface area contributed by atoms with Crippen LogP contribution in [0.4, 0.5) is 0 Å². The molecule has 0 radical (unpaired) electrons. The lowest BCUT2D eigenvalue weighted by Gasteiger charge is -2.09. The van der Waals surface area contributed by atoms with Crippen molar-refractivity contribution in [2.75, 3.05) is 19.8 Å². The van der Waals surface area contributed by atoms with Gasteiger partial charge in [-0.2, -0.15) is 0 Å². The van der Waals surface area contributed by atoms with Crippen LogP contribution in [0.15, 0.2) is 89.6 Å². The Morgan fingerprint density at radius 2 is 1.83 bits per heavy atom. The summed E-state index contributed by atoms with van der Waals surface area (Å²) in [4.78, 5) is 28.0. The molecule has 9 nitrogen and oxygen atoms in total. The number of rotatable bonds is 10. The van der Waals surface area contributed by atoms with E-state index >= 15 is 0 Å². The van der Waals surface area contributed by atoms with Crippen LogP contribution in [-0.2, 0) is 4.79 Å². The first kappa shape index (κ1) is 23.5. The van der Waals surface area contributed by atoms with Gasteiger partial charge in [0.2, 0.25) is 5.91 Å². The van der Waals surface area contributed by atoms with Crippen LogP contribution in [-0.4, -0.2) is 41.8 Å². The van der Waals surface area contributed by atoms with Gasteiger partial charge in [0.05, 0.1) is 12.7 Å². The van der Waals surface area contributed by atoms with E-state index in [1.807, 2.05) is 30.3 Å². The molecule has 0 aliphatic carbocycles. The number of ether oxygens (including phenoxy) is 2. The monoisotopic (exact) mass is 473 g/mol. The molecular weight excluding hydrogens is 450 g/mol. The molecular formula is C26H23N3O6. The van der Waals surface area contributed by atoms with Crippen LogP contribution in [0, 0.1) is 0 Å². The minimum absolute atomic E-state index is 0.114. The fourth-order valence-corrected chi connectivity index (χ4v) is 3.24. The van der Waals surface area contributed by atoms with Crippen molar-refractivity contribution < 1.29 is 28.7 Å². The minimum atomic E-state index is -0.608. The number of nitrogens with zero attached hydrogens (tertiary/aromatic N) is 1. The van der Waals surface area contributed by atoms with Gasteiger partial charge in [-0.1, -0.05) is 18.2 Å². The Kier molecular flexibility index (Phi) is 7.72. The molecule has 3 N–H and O–H groups in total. The summed E-state index contributed by atoms with van der Waals surface area (Å²) in [6, 6.07) is 19.2. The maximum Gasteiger partial charge on any atom is 0.274 e. The Labute approximate surface area is 201 Å². The molecule has 0 aliphatic rings. The van der Waals surface area contributed by atoms with Crippen molar-refractivity contribution >= 4 is 28.4 Å². The van der Waals surface area contributed by atoms with Crippen LogP contribution in [0.25, 0.3) is 16.5 Å². The largest absolute Gasteiger partial charge is 0.492 e. The summed E-state index contributed by atoms with van der Waals surface area (Å²) in [6.07, 6.45) is 4.69. The SMILES string of the molecule is O=C(C=C(COc1cccnc1)c1cc2ccccc2o1)NCCOc1ccc(C(=O)NO)cc1. The van der Waals surface area contributed by atoms with E-state index in [9.17, 15) is 9.59 Å². The predicted molar refractivity (Wildman–Crippen MR) is 128 cm³/mol. The highest BCUT2D eigenvalue weighted by Crippen LogP contribution is 2.25. The zero-order valence-corrected chi connectivity index (χ0v) is 18.6. The van der Waals surface area contributed by atoms with Gasteiger partial charge in [-0.25, -0.2) is 5.48 Å². The molecule has 178 valence electrons. The predicted octanol–water partition coefficient (Wildman–Crippen LogP) is 3.60. The average Bonchev–Trinajstić information content (AvgIpc) is 3.34. The lowest BCUT2D eigenvalue weighted by molar-refractivity contribution is -0.116. The number of pyridine rings is 1. The molecule has 2 aromatic carbocycles. The Balaban J connectivity index is 1.37. The van der Waals surface area contributed by atoms with Gasteiger partial charge in [0.1, 0.15) is 36.1 Å². The number of nitrogens with one attached hydrogen (secondary N) is 2. The van der Waals surface area contributed by atoms with Gasteiger partial charge in [0.15, 0.2) is 0 Å². The molecule has 0 saturated heterocycles. The normalized spacial score (nSPS) is 11.2. The van der Waals surface area contributed by atoms with Crippen LogP contribution < -0.4 is 20.3 Å². The summed E-state index contributed by atoms with van der Waals surface area (Å²) in [5.74, 6) is 0.702. The standard InChI is InChI=1S/C26H23N3O6/c30-25(28-12-13-33-21-9-7-18(8-10-21)26(31)29-32)15-20(17-34-22-5-3-11-27-16-22)24-14-19-4-1-2-6-23(19)35-24/h1-11,14-16,32H,12-13,17H2,(H,28,30)(H,29,31). The van der Waals surface area contributed by atoms with Gasteiger partial charge in [0, 0.05) is 28.8 Å². The molecule has 35 heavy (non-hydrogen) atoms. The van der Waals surface area contributed by atoms with Crippen LogP contribution in [0.2, 0.25) is 0 Å². The van der Waals surface area contributed by atoms with Crippen molar-refractivity contribution in [2.24, 2.45) is 0 Å². The smallest absolute Gasteiger partial charge is 0.274 e. The lowest BCUT2D eigenvalue weighted by atomic mass is 10.1. The van der Waals surface area contributed by atoms with Crippen molar-refractivity contribution in [3.05, 3.63) is 96.5 Å². The van der Waals surface area contributed by atoms with Crippen molar-refractivity contribution in [1.29, 1.82) is 0 Å². The minimum Gasteiger partial charge on any atom is -0.492 e. The van der Waals surface area contributed by atoms with Gasteiger partial charge >= 0.3 is 0 Å². The van der Waals surface area contributed by atoms with Gasteiger partial charge in [-0.05, 0) is 48.5 Å². The summed E-state index contributed by atoms with van der Waals surface area (Å²) in [6.45, 7) is 0.589. The third-order valence-electron chi connectivity index (χ3n) is 4.96. The Bertz CT molecular complexity index is 1280. The van der Waals surface area contributed by atoms with E-state index < -0.39 is 5.91 Å². The van der Waals surface area contributed by atoms with Gasteiger partial charge in [-0.15, -0.1) is 0 Å². The molecule has 9 heteroatoms. The number of hydroxylamine groups is 1. The Morgan fingerprint density at radius 3 is 2.57 bits per heavy atom. The fourth-order valence-electron chi connectivity index (χ4n) is 3.24. The number of para-hydroxylation sites is 1. The first-order valence-corrected chi connectivity index (χ1v) is 10.8. The Hall–Kier alpha value is -4.63. The third-order valence-corrected chi connectivity index (χ3v) is 4.96. The van der Waals surface area contributed by atoms with Crippen LogP contribution in [0.3, 0.4) is 0 Å². The summed E-state index contributed by atoms with van der Waals surface area (Å²) in [5, 5.41) is 12.4. The molecule has 0 saturated carbocycles. The number of amides is 2. The summed E-state index contributed by atoms with van der Waals surface area (Å²) in [5.41, 5.74) is 3.15. The molecule has 4 rings (SSSR count). The molecule has 0 unspecified atom stereocenters. The maximum absolute atomic E-state index is 12.6. The molecule has 0 bridgehead atoms. The zero-order chi connectivity index (χ0) is 24.5. The van der Waals surface area contributed by atoms with Gasteiger partial charge in [-0.3, -0.25) is 19.8 Å². The van der Waals surface area contributed by atoms with E-state index in [-0.39, 0.29) is 25.7 Å². The van der Waals surface area contributed by atoms with Crippen molar-refractivity contribution in [2.45, 2.75) is 0 Å². The van der Waals surface area contributed by atoms with E-state index in [4.69, 9.17) is 19.1 Å². The topological polar surface area (TPSA) is 123 Å². The zero-order valence-electron chi connectivity index (χ0n) is 18.6. The number of carbonyl (C=O) groups excluding carboxylic acids is 2. The van der Waals surface area contributed by atoms with Crippen molar-refractivity contribution in [1.82, 2.24) is 15.8 Å². The number of furan rings is 1. The first-order chi connectivity index (χ1) is 17.1. The van der Waals surface area contributed by atoms with E-state index in [1.54, 1.807) is 42.1 Å². The average molecular weight is 473 g/mol. The number of hydrogen-bond donors (Lipinski definition) is 3. The number of hydrogen-bond acceptors (Lipinski definition) is 7. The second-order valence-electron chi connectivity index (χ2n) is 7.40. The molecule has 2 aromatic heterocycles. The van der Waals surface area contributed by atoms with Crippen molar-refractivity contribution in [3.63, 3.8) is 0 Å². The second kappa shape index (κ2) is 11.5. The third kappa shape index (κ3) is 6.46. The number of fused-ring (bicyclic) bond motifs is 1. The summed E-state index contributed by atoms with van der Waals surface area (Å²) < 4.78 is 17.3. The van der Waals surface area contributed by atoms with E-state index in [2.05, 4.69) is 10.3 Å². The Morgan fingerprint density at radius 1 is 1.00 bits per heavy atom. The van der Waals surface area contributed by atoms with Crippen LogP contribution in [0.5, 0.6) is 11.5 Å². The molecule has 4 aromatic rings. The number of aromatic nitrogens is 1. The number of carbonyl (C=O) groups is 2. The molecule has 0 atom stereocenters. The summed E-state index contributed by atoms with van der Waals surface area (Å²) in [7, 11) is 0. The maximum atomic E-state index is 12.6. The van der Waals surface area contributed by atoms with E-state index in [0.29, 0.717) is 34.0 Å².